The van der Waals surface area contributed by atoms with Crippen LogP contribution in [0.2, 0.25) is 0 Å². The molecule has 0 unspecified atom stereocenters. The fraction of sp³-hybridized carbons (Fsp3) is 0.412. The minimum absolute atomic E-state index is 0.183. The van der Waals surface area contributed by atoms with Crippen LogP contribution in [0, 0.1) is 5.82 Å². The van der Waals surface area contributed by atoms with Crippen molar-refractivity contribution >= 4 is 17.5 Å². The third-order valence-corrected chi connectivity index (χ3v) is 4.09. The molecular weight excluding hydrogens is 311 g/mol. The van der Waals surface area contributed by atoms with Gasteiger partial charge in [0.2, 0.25) is 0 Å². The van der Waals surface area contributed by atoms with E-state index in [2.05, 4.69) is 15.4 Å². The molecule has 1 fully saturated rings. The summed E-state index contributed by atoms with van der Waals surface area (Å²) in [7, 11) is 0. The van der Waals surface area contributed by atoms with Crippen molar-refractivity contribution < 1.29 is 13.7 Å². The lowest BCUT2D eigenvalue weighted by atomic mass is 10.2. The number of benzene rings is 1. The first-order valence-electron chi connectivity index (χ1n) is 8.06. The predicted octanol–water partition coefficient (Wildman–Crippen LogP) is 3.29. The Morgan fingerprint density at radius 1 is 1.21 bits per heavy atom. The fourth-order valence-corrected chi connectivity index (χ4v) is 2.63. The Bertz CT molecular complexity index is 691. The number of hydrogen-bond acceptors (Lipinski definition) is 4. The topological polar surface area (TPSA) is 61.6 Å². The van der Waals surface area contributed by atoms with Crippen molar-refractivity contribution in [1.82, 2.24) is 10.1 Å². The maximum absolute atomic E-state index is 13.0. The van der Waals surface area contributed by atoms with Gasteiger partial charge in [0.25, 0.3) is 0 Å². The third-order valence-electron chi connectivity index (χ3n) is 4.09. The normalized spacial score (nSPS) is 15.0. The quantitative estimate of drug-likeness (QED) is 0.937. The lowest BCUT2D eigenvalue weighted by Gasteiger charge is -2.35. The van der Waals surface area contributed by atoms with Crippen molar-refractivity contribution in [2.45, 2.75) is 19.8 Å². The molecule has 24 heavy (non-hydrogen) atoms. The molecule has 1 saturated heterocycles. The van der Waals surface area contributed by atoms with E-state index in [0.29, 0.717) is 32.0 Å². The number of piperazine rings is 1. The molecule has 1 aliphatic rings. The van der Waals surface area contributed by atoms with E-state index < -0.39 is 0 Å². The summed E-state index contributed by atoms with van der Waals surface area (Å²) in [5.41, 5.74) is 0.967. The monoisotopic (exact) mass is 332 g/mol. The first-order valence-corrected chi connectivity index (χ1v) is 8.06. The van der Waals surface area contributed by atoms with E-state index in [9.17, 15) is 9.18 Å². The standard InChI is InChI=1S/C17H21FN4O2/c1-12(2)15-11-16(20-24-15)19-17(23)22-9-7-21(8-10-22)14-5-3-13(18)4-6-14/h3-6,11-12H,7-10H2,1-2H3,(H,19,20,23). The van der Waals surface area contributed by atoms with Crippen LogP contribution < -0.4 is 10.2 Å². The van der Waals surface area contributed by atoms with E-state index in [0.717, 1.165) is 11.4 Å². The summed E-state index contributed by atoms with van der Waals surface area (Å²) in [5, 5.41) is 6.63. The molecule has 7 heteroatoms. The molecule has 3 rings (SSSR count). The maximum Gasteiger partial charge on any atom is 0.323 e. The summed E-state index contributed by atoms with van der Waals surface area (Å²) in [5.74, 6) is 1.16. The van der Waals surface area contributed by atoms with Crippen molar-refractivity contribution in [1.29, 1.82) is 0 Å². The summed E-state index contributed by atoms with van der Waals surface area (Å²) in [6.45, 7) is 6.60. The Labute approximate surface area is 140 Å². The highest BCUT2D eigenvalue weighted by Gasteiger charge is 2.22. The second-order valence-corrected chi connectivity index (χ2v) is 6.15. The summed E-state index contributed by atoms with van der Waals surface area (Å²) < 4.78 is 18.2. The molecule has 1 aromatic heterocycles. The van der Waals surface area contributed by atoms with Crippen LogP contribution in [0.5, 0.6) is 0 Å². The van der Waals surface area contributed by atoms with Crippen LogP contribution in [0.15, 0.2) is 34.9 Å². The SMILES string of the molecule is CC(C)c1cc(NC(=O)N2CCN(c3ccc(F)cc3)CC2)no1. The first kappa shape index (κ1) is 16.3. The Balaban J connectivity index is 1.53. The van der Waals surface area contributed by atoms with Gasteiger partial charge in [0.1, 0.15) is 11.6 Å². The molecule has 2 amide bonds. The van der Waals surface area contributed by atoms with Gasteiger partial charge in [-0.05, 0) is 24.3 Å². The number of rotatable bonds is 3. The molecule has 0 radical (unpaired) electrons. The van der Waals surface area contributed by atoms with Gasteiger partial charge >= 0.3 is 6.03 Å². The highest BCUT2D eigenvalue weighted by atomic mass is 19.1. The second kappa shape index (κ2) is 6.90. The van der Waals surface area contributed by atoms with Crippen LogP contribution in [0.1, 0.15) is 25.5 Å². The largest absolute Gasteiger partial charge is 0.368 e. The van der Waals surface area contributed by atoms with Crippen LogP contribution in [-0.2, 0) is 0 Å². The summed E-state index contributed by atoms with van der Waals surface area (Å²) in [4.78, 5) is 16.2. The van der Waals surface area contributed by atoms with E-state index >= 15 is 0 Å². The Hall–Kier alpha value is -2.57. The minimum Gasteiger partial charge on any atom is -0.368 e. The van der Waals surface area contributed by atoms with Gasteiger partial charge in [-0.2, -0.15) is 0 Å². The molecular formula is C17H21FN4O2. The van der Waals surface area contributed by atoms with Crippen molar-refractivity contribution in [2.24, 2.45) is 0 Å². The van der Waals surface area contributed by atoms with Crippen molar-refractivity contribution in [3.05, 3.63) is 41.9 Å². The third kappa shape index (κ3) is 3.67. The first-order chi connectivity index (χ1) is 11.5. The number of carbonyl (C=O) groups excluding carboxylic acids is 1. The summed E-state index contributed by atoms with van der Waals surface area (Å²) in [6, 6.07) is 7.98. The summed E-state index contributed by atoms with van der Waals surface area (Å²) >= 11 is 0. The van der Waals surface area contributed by atoms with E-state index in [4.69, 9.17) is 4.52 Å². The Morgan fingerprint density at radius 3 is 2.46 bits per heavy atom. The Morgan fingerprint density at radius 2 is 1.88 bits per heavy atom. The van der Waals surface area contributed by atoms with Gasteiger partial charge in [-0.15, -0.1) is 0 Å². The molecule has 0 bridgehead atoms. The molecule has 0 saturated carbocycles. The molecule has 1 aliphatic heterocycles. The zero-order valence-corrected chi connectivity index (χ0v) is 13.8. The average Bonchev–Trinajstić information content (AvgIpc) is 3.04. The Kier molecular flexibility index (Phi) is 4.69. The molecule has 1 aromatic carbocycles. The van der Waals surface area contributed by atoms with E-state index in [1.165, 1.54) is 12.1 Å². The molecule has 0 spiro atoms. The van der Waals surface area contributed by atoms with E-state index in [1.54, 1.807) is 23.1 Å². The molecule has 0 aliphatic carbocycles. The summed E-state index contributed by atoms with van der Waals surface area (Å²) in [6.07, 6.45) is 0. The van der Waals surface area contributed by atoms with E-state index in [1.807, 2.05) is 13.8 Å². The van der Waals surface area contributed by atoms with Gasteiger partial charge in [0, 0.05) is 43.9 Å². The van der Waals surface area contributed by atoms with Crippen LogP contribution in [-0.4, -0.2) is 42.3 Å². The van der Waals surface area contributed by atoms with Crippen LogP contribution in [0.25, 0.3) is 0 Å². The molecule has 6 nitrogen and oxygen atoms in total. The highest BCUT2D eigenvalue weighted by molar-refractivity contribution is 5.88. The van der Waals surface area contributed by atoms with Gasteiger partial charge in [-0.25, -0.2) is 9.18 Å². The van der Waals surface area contributed by atoms with Crippen LogP contribution >= 0.6 is 0 Å². The number of hydrogen-bond donors (Lipinski definition) is 1. The number of nitrogens with zero attached hydrogens (tertiary/aromatic N) is 3. The van der Waals surface area contributed by atoms with Gasteiger partial charge in [-0.1, -0.05) is 19.0 Å². The van der Waals surface area contributed by atoms with Gasteiger partial charge < -0.3 is 14.3 Å². The highest BCUT2D eigenvalue weighted by Crippen LogP contribution is 2.19. The predicted molar refractivity (Wildman–Crippen MR) is 89.8 cm³/mol. The number of anilines is 2. The van der Waals surface area contributed by atoms with Crippen molar-refractivity contribution in [2.75, 3.05) is 36.4 Å². The van der Waals surface area contributed by atoms with Gasteiger partial charge in [-0.3, -0.25) is 5.32 Å². The molecule has 0 atom stereocenters. The molecule has 128 valence electrons. The van der Waals surface area contributed by atoms with Crippen LogP contribution in [0.3, 0.4) is 0 Å². The number of nitrogens with one attached hydrogen (secondary N) is 1. The number of urea groups is 1. The van der Waals surface area contributed by atoms with Crippen molar-refractivity contribution in [3.63, 3.8) is 0 Å². The molecule has 2 aromatic rings. The lowest BCUT2D eigenvalue weighted by Crippen LogP contribution is -2.50. The smallest absolute Gasteiger partial charge is 0.323 e. The number of amides is 2. The average molecular weight is 332 g/mol. The fourth-order valence-electron chi connectivity index (χ4n) is 2.63. The number of halogens is 1. The number of aromatic nitrogens is 1. The second-order valence-electron chi connectivity index (χ2n) is 6.15. The zero-order chi connectivity index (χ0) is 17.1. The zero-order valence-electron chi connectivity index (χ0n) is 13.8. The van der Waals surface area contributed by atoms with E-state index in [-0.39, 0.29) is 17.8 Å². The van der Waals surface area contributed by atoms with Gasteiger partial charge in [0.05, 0.1) is 0 Å². The van der Waals surface area contributed by atoms with Crippen molar-refractivity contribution in [3.8, 4) is 0 Å². The number of carbonyl (C=O) groups is 1. The minimum atomic E-state index is -0.245. The van der Waals surface area contributed by atoms with Gasteiger partial charge in [0.15, 0.2) is 5.82 Å². The maximum atomic E-state index is 13.0. The molecule has 2 heterocycles. The molecule has 1 N–H and O–H groups in total. The van der Waals surface area contributed by atoms with Crippen LogP contribution in [0.4, 0.5) is 20.7 Å². The lowest BCUT2D eigenvalue weighted by molar-refractivity contribution is 0.208.